The van der Waals surface area contributed by atoms with Crippen LogP contribution in [0.15, 0.2) is 83.1 Å². The Morgan fingerprint density at radius 1 is 1.11 bits per heavy atom. The Hall–Kier alpha value is -4.71. The minimum Gasteiger partial charge on any atom is -0.493 e. The lowest BCUT2D eigenvalue weighted by Crippen LogP contribution is -2.19. The van der Waals surface area contributed by atoms with Crippen LogP contribution in [0.5, 0.6) is 11.5 Å². The van der Waals surface area contributed by atoms with Crippen molar-refractivity contribution in [2.24, 2.45) is 12.1 Å². The number of nitro benzene ring substituents is 1. The van der Waals surface area contributed by atoms with Crippen LogP contribution in [-0.2, 0) is 18.4 Å². The van der Waals surface area contributed by atoms with Gasteiger partial charge in [0.2, 0.25) is 0 Å². The van der Waals surface area contributed by atoms with Crippen LogP contribution in [0.4, 0.5) is 5.69 Å². The van der Waals surface area contributed by atoms with Crippen molar-refractivity contribution in [1.29, 1.82) is 0 Å². The molecule has 0 aliphatic carbocycles. The Balaban J connectivity index is 1.31. The van der Waals surface area contributed by atoms with Crippen LogP contribution in [0, 0.1) is 10.1 Å². The Morgan fingerprint density at radius 3 is 2.58 bits per heavy atom. The van der Waals surface area contributed by atoms with Crippen LogP contribution in [-0.4, -0.2) is 44.7 Å². The summed E-state index contributed by atoms with van der Waals surface area (Å²) in [5, 5.41) is 23.9. The molecule has 0 saturated carbocycles. The molecule has 0 saturated heterocycles. The molecule has 1 N–H and O–H groups in total. The van der Waals surface area contributed by atoms with Crippen molar-refractivity contribution in [3.05, 3.63) is 94.0 Å². The second-order valence-electron chi connectivity index (χ2n) is 7.94. The minimum absolute atomic E-state index is 0.0125. The summed E-state index contributed by atoms with van der Waals surface area (Å²) in [5.74, 6) is 1.53. The number of aromatic nitrogens is 3. The zero-order valence-electron chi connectivity index (χ0n) is 20.6. The van der Waals surface area contributed by atoms with Crippen molar-refractivity contribution < 1.29 is 19.2 Å². The van der Waals surface area contributed by atoms with Gasteiger partial charge in [-0.1, -0.05) is 42.1 Å². The van der Waals surface area contributed by atoms with Crippen molar-refractivity contribution >= 4 is 29.6 Å². The highest BCUT2D eigenvalue weighted by atomic mass is 32.2. The van der Waals surface area contributed by atoms with Crippen LogP contribution in [0.3, 0.4) is 0 Å². The van der Waals surface area contributed by atoms with Gasteiger partial charge < -0.3 is 14.0 Å². The van der Waals surface area contributed by atoms with Gasteiger partial charge in [-0.3, -0.25) is 14.9 Å². The Labute approximate surface area is 222 Å². The number of amides is 1. The number of thioether (sulfide) groups is 1. The Kier molecular flexibility index (Phi) is 8.67. The first-order valence-electron chi connectivity index (χ1n) is 11.4. The van der Waals surface area contributed by atoms with Gasteiger partial charge in [0.15, 0.2) is 22.5 Å². The molecule has 1 amide bonds. The Bertz CT molecular complexity index is 1440. The number of non-ortho nitro benzene ring substituents is 1. The average Bonchev–Trinajstić information content (AvgIpc) is 3.31. The van der Waals surface area contributed by atoms with Gasteiger partial charge in [0.25, 0.3) is 11.6 Å². The molecule has 194 valence electrons. The fourth-order valence-corrected chi connectivity index (χ4v) is 4.09. The quantitative estimate of drug-likeness (QED) is 0.131. The van der Waals surface area contributed by atoms with Crippen LogP contribution >= 0.6 is 11.8 Å². The maximum absolute atomic E-state index is 12.3. The molecule has 0 spiro atoms. The van der Waals surface area contributed by atoms with Gasteiger partial charge in [-0.2, -0.15) is 5.10 Å². The highest BCUT2D eigenvalue weighted by Crippen LogP contribution is 2.28. The predicted molar refractivity (Wildman–Crippen MR) is 143 cm³/mol. The van der Waals surface area contributed by atoms with E-state index < -0.39 is 4.92 Å². The van der Waals surface area contributed by atoms with E-state index in [1.54, 1.807) is 30.3 Å². The molecule has 3 aromatic carbocycles. The lowest BCUT2D eigenvalue weighted by atomic mass is 10.2. The third-order valence-electron chi connectivity index (χ3n) is 5.33. The summed E-state index contributed by atoms with van der Waals surface area (Å²) in [5.41, 5.74) is 4.90. The second kappa shape index (κ2) is 12.5. The number of hydrogen-bond acceptors (Lipinski definition) is 9. The van der Waals surface area contributed by atoms with E-state index in [0.29, 0.717) is 22.2 Å². The lowest BCUT2D eigenvalue weighted by Gasteiger charge is -2.11. The van der Waals surface area contributed by atoms with Crippen molar-refractivity contribution in [1.82, 2.24) is 20.2 Å². The Morgan fingerprint density at radius 2 is 1.87 bits per heavy atom. The molecule has 4 aromatic rings. The largest absolute Gasteiger partial charge is 0.493 e. The summed E-state index contributed by atoms with van der Waals surface area (Å²) in [6.07, 6.45) is 1.50. The van der Waals surface area contributed by atoms with E-state index in [2.05, 4.69) is 20.7 Å². The number of nitrogens with zero attached hydrogens (tertiary/aromatic N) is 5. The second-order valence-corrected chi connectivity index (χ2v) is 8.88. The number of hydrazone groups is 1. The molecule has 1 heterocycles. The number of nitrogens with one attached hydrogen (secondary N) is 1. The van der Waals surface area contributed by atoms with E-state index in [-0.39, 0.29) is 24.0 Å². The van der Waals surface area contributed by atoms with Crippen LogP contribution in [0.25, 0.3) is 11.4 Å². The molecule has 0 bridgehead atoms. The van der Waals surface area contributed by atoms with Gasteiger partial charge in [0.1, 0.15) is 6.61 Å². The normalized spacial score (nSPS) is 10.9. The third-order valence-corrected chi connectivity index (χ3v) is 6.35. The number of methoxy groups -OCH3 is 1. The molecule has 0 atom stereocenters. The molecule has 0 unspecified atom stereocenters. The zero-order valence-corrected chi connectivity index (χ0v) is 21.4. The summed E-state index contributed by atoms with van der Waals surface area (Å²) in [6, 6.07) is 21.0. The predicted octanol–water partition coefficient (Wildman–Crippen LogP) is 4.22. The number of benzene rings is 3. The van der Waals surface area contributed by atoms with Gasteiger partial charge in [0.05, 0.1) is 24.0 Å². The molecule has 0 aliphatic heterocycles. The third kappa shape index (κ3) is 6.73. The molecule has 0 fully saturated rings. The van der Waals surface area contributed by atoms with Gasteiger partial charge in [0, 0.05) is 24.7 Å². The highest BCUT2D eigenvalue weighted by molar-refractivity contribution is 7.99. The average molecular weight is 533 g/mol. The van der Waals surface area contributed by atoms with Crippen LogP contribution in [0.1, 0.15) is 11.1 Å². The van der Waals surface area contributed by atoms with Crippen molar-refractivity contribution in [2.45, 2.75) is 11.8 Å². The summed E-state index contributed by atoms with van der Waals surface area (Å²) >= 11 is 1.26. The van der Waals surface area contributed by atoms with Gasteiger partial charge in [-0.05, 0) is 41.5 Å². The highest BCUT2D eigenvalue weighted by Gasteiger charge is 2.13. The number of ether oxygens (including phenoxy) is 2. The van der Waals surface area contributed by atoms with E-state index in [1.165, 1.54) is 37.2 Å². The standard InChI is InChI=1S/C26H24N6O5S/c1-31-25(20-6-4-3-5-7-20)29-30-26(31)38-17-24(33)28-27-15-19-10-13-22(36-2)23(14-19)37-16-18-8-11-21(12-9-18)32(34)35/h3-15H,16-17H2,1-2H3,(H,28,33)/b27-15-. The first-order chi connectivity index (χ1) is 18.4. The topological polar surface area (TPSA) is 134 Å². The molecule has 1 aromatic heterocycles. The fourth-order valence-electron chi connectivity index (χ4n) is 3.38. The lowest BCUT2D eigenvalue weighted by molar-refractivity contribution is -0.384. The molecule has 11 nitrogen and oxygen atoms in total. The van der Waals surface area contributed by atoms with E-state index >= 15 is 0 Å². The molecule has 0 radical (unpaired) electrons. The van der Waals surface area contributed by atoms with E-state index in [1.807, 2.05) is 41.9 Å². The molecular formula is C26H24N6O5S. The molecule has 4 rings (SSSR count). The van der Waals surface area contributed by atoms with Crippen molar-refractivity contribution in [3.8, 4) is 22.9 Å². The summed E-state index contributed by atoms with van der Waals surface area (Å²) in [4.78, 5) is 22.7. The van der Waals surface area contributed by atoms with E-state index in [9.17, 15) is 14.9 Å². The molecular weight excluding hydrogens is 508 g/mol. The number of hydrogen-bond donors (Lipinski definition) is 1. The first kappa shape index (κ1) is 26.4. The van der Waals surface area contributed by atoms with E-state index in [4.69, 9.17) is 9.47 Å². The minimum atomic E-state index is -0.453. The number of carbonyl (C=O) groups excluding carboxylic acids is 1. The molecule has 38 heavy (non-hydrogen) atoms. The van der Waals surface area contributed by atoms with Crippen LogP contribution < -0.4 is 14.9 Å². The maximum atomic E-state index is 12.3. The van der Waals surface area contributed by atoms with Gasteiger partial charge >= 0.3 is 0 Å². The molecule has 12 heteroatoms. The van der Waals surface area contributed by atoms with Gasteiger partial charge in [-0.15, -0.1) is 10.2 Å². The molecule has 0 aliphatic rings. The SMILES string of the molecule is COc1ccc(/C=N\NC(=O)CSc2nnc(-c3ccccc3)n2C)cc1OCc1ccc([N+](=O)[O-])cc1. The summed E-state index contributed by atoms with van der Waals surface area (Å²) in [6.45, 7) is 0.191. The summed E-state index contributed by atoms with van der Waals surface area (Å²) in [7, 11) is 3.38. The number of nitro groups is 1. The van der Waals surface area contributed by atoms with Gasteiger partial charge in [-0.25, -0.2) is 5.43 Å². The maximum Gasteiger partial charge on any atom is 0.269 e. The van der Waals surface area contributed by atoms with Crippen molar-refractivity contribution in [2.75, 3.05) is 12.9 Å². The monoisotopic (exact) mass is 532 g/mol. The van der Waals surface area contributed by atoms with Crippen LogP contribution in [0.2, 0.25) is 0 Å². The summed E-state index contributed by atoms with van der Waals surface area (Å²) < 4.78 is 13.0. The first-order valence-corrected chi connectivity index (χ1v) is 12.4. The zero-order chi connectivity index (χ0) is 26.9. The van der Waals surface area contributed by atoms with E-state index in [0.717, 1.165) is 17.0 Å². The number of rotatable bonds is 11. The fraction of sp³-hybridized carbons (Fsp3) is 0.154. The smallest absolute Gasteiger partial charge is 0.269 e. The number of carbonyl (C=O) groups is 1. The van der Waals surface area contributed by atoms with Crippen molar-refractivity contribution in [3.63, 3.8) is 0 Å².